The van der Waals surface area contributed by atoms with Crippen LogP contribution in [0.15, 0.2) is 24.3 Å². The highest BCUT2D eigenvalue weighted by molar-refractivity contribution is 5.45. The van der Waals surface area contributed by atoms with Gasteiger partial charge in [-0.05, 0) is 23.6 Å². The van der Waals surface area contributed by atoms with Gasteiger partial charge in [-0.25, -0.2) is 0 Å². The summed E-state index contributed by atoms with van der Waals surface area (Å²) in [5.41, 5.74) is 1.18. The van der Waals surface area contributed by atoms with E-state index in [1.165, 1.54) is 5.56 Å². The number of aliphatic hydroxyl groups is 1. The molecule has 1 N–H and O–H groups in total. The first kappa shape index (κ1) is 12.7. The molecule has 3 nitrogen and oxygen atoms in total. The van der Waals surface area contributed by atoms with Gasteiger partial charge in [-0.15, -0.1) is 0 Å². The van der Waals surface area contributed by atoms with Gasteiger partial charge in [0, 0.05) is 7.11 Å². The van der Waals surface area contributed by atoms with E-state index in [1.54, 1.807) is 6.07 Å². The number of benzene rings is 1. The first-order valence-electron chi connectivity index (χ1n) is 4.39. The smallest absolute Gasteiger partial charge is 0.298 e. The number of carbonyl (C=O) groups is 1. The van der Waals surface area contributed by atoms with Crippen LogP contribution in [0.5, 0.6) is 5.75 Å². The molecule has 0 saturated carbocycles. The lowest BCUT2D eigenvalue weighted by molar-refractivity contribution is -0.120. The maximum atomic E-state index is 10.0. The molecule has 1 aromatic rings. The van der Waals surface area contributed by atoms with E-state index < -0.39 is 0 Å². The van der Waals surface area contributed by atoms with E-state index in [4.69, 9.17) is 9.84 Å². The Morgan fingerprint density at radius 3 is 2.50 bits per heavy atom. The average Bonchev–Trinajstić information content (AvgIpc) is 2.22. The molecule has 0 aliphatic rings. The second-order valence-electron chi connectivity index (χ2n) is 2.94. The highest BCUT2D eigenvalue weighted by Gasteiger charge is 1.99. The Hall–Kier alpha value is -1.35. The molecule has 0 aromatic heterocycles. The fraction of sp³-hybridized carbons (Fsp3) is 0.364. The summed E-state index contributed by atoms with van der Waals surface area (Å²) < 4.78 is 4.72. The Bertz CT molecular complexity index is 269. The van der Waals surface area contributed by atoms with Gasteiger partial charge in [0.1, 0.15) is 5.75 Å². The molecule has 0 aliphatic carbocycles. The lowest BCUT2D eigenvalue weighted by Crippen LogP contribution is -1.91. The van der Waals surface area contributed by atoms with Crippen LogP contribution in [0.2, 0.25) is 0 Å². The number of ether oxygens (including phenoxy) is 1. The van der Waals surface area contributed by atoms with Crippen molar-refractivity contribution in [2.24, 2.45) is 0 Å². The van der Waals surface area contributed by atoms with E-state index in [1.807, 2.05) is 18.2 Å². The summed E-state index contributed by atoms with van der Waals surface area (Å²) in [5.74, 6) is 1.07. The van der Waals surface area contributed by atoms with E-state index in [9.17, 15) is 4.79 Å². The van der Waals surface area contributed by atoms with E-state index in [-0.39, 0.29) is 0 Å². The van der Waals surface area contributed by atoms with Gasteiger partial charge in [0.25, 0.3) is 6.47 Å². The molecule has 0 heterocycles. The molecule has 0 unspecified atom stereocenters. The first-order valence-corrected chi connectivity index (χ1v) is 4.39. The Kier molecular flexibility index (Phi) is 6.41. The molecule has 0 radical (unpaired) electrons. The highest BCUT2D eigenvalue weighted by atomic mass is 16.5. The van der Waals surface area contributed by atoms with Gasteiger partial charge in [0.2, 0.25) is 0 Å². The van der Waals surface area contributed by atoms with Crippen molar-refractivity contribution in [1.82, 2.24) is 0 Å². The van der Waals surface area contributed by atoms with Crippen LogP contribution >= 0.6 is 0 Å². The van der Waals surface area contributed by atoms with Crippen LogP contribution in [0.25, 0.3) is 0 Å². The molecular weight excluding hydrogens is 180 g/mol. The maximum absolute atomic E-state index is 10.0. The quantitative estimate of drug-likeness (QED) is 0.751. The third-order valence-electron chi connectivity index (χ3n) is 1.71. The number of aliphatic hydroxyl groups excluding tert-OH is 1. The third-order valence-corrected chi connectivity index (χ3v) is 1.71. The minimum absolute atomic E-state index is 0.444. The third kappa shape index (κ3) is 4.05. The van der Waals surface area contributed by atoms with E-state index in [0.29, 0.717) is 18.1 Å². The summed E-state index contributed by atoms with van der Waals surface area (Å²) in [5, 5.41) is 7.00. The zero-order valence-electron chi connectivity index (χ0n) is 8.73. The molecule has 0 fully saturated rings. The second kappa shape index (κ2) is 7.09. The molecule has 0 amide bonds. The van der Waals surface area contributed by atoms with Crippen LogP contribution in [-0.2, 0) is 4.79 Å². The Morgan fingerprint density at radius 2 is 2.00 bits per heavy atom. The molecular formula is C11H16O3. The Morgan fingerprint density at radius 1 is 1.36 bits per heavy atom. The van der Waals surface area contributed by atoms with Crippen molar-refractivity contribution in [3.63, 3.8) is 0 Å². The Balaban J connectivity index is 0.000000791. The number of rotatable bonds is 3. The van der Waals surface area contributed by atoms with Crippen LogP contribution in [0.1, 0.15) is 25.3 Å². The topological polar surface area (TPSA) is 46.5 Å². The number of hydrogen-bond acceptors (Lipinski definition) is 3. The van der Waals surface area contributed by atoms with Crippen molar-refractivity contribution in [2.75, 3.05) is 7.11 Å². The molecule has 1 aromatic carbocycles. The van der Waals surface area contributed by atoms with Crippen LogP contribution in [-0.4, -0.2) is 18.7 Å². The largest absolute Gasteiger partial charge is 0.429 e. The highest BCUT2D eigenvalue weighted by Crippen LogP contribution is 2.19. The zero-order chi connectivity index (χ0) is 11.0. The molecule has 0 saturated heterocycles. The van der Waals surface area contributed by atoms with Crippen molar-refractivity contribution in [3.8, 4) is 5.75 Å². The molecule has 78 valence electrons. The van der Waals surface area contributed by atoms with Gasteiger partial charge in [-0.2, -0.15) is 0 Å². The molecule has 0 atom stereocenters. The summed E-state index contributed by atoms with van der Waals surface area (Å²) >= 11 is 0. The molecule has 0 aliphatic heterocycles. The first-order chi connectivity index (χ1) is 6.74. The summed E-state index contributed by atoms with van der Waals surface area (Å²) in [4.78, 5) is 10.0. The van der Waals surface area contributed by atoms with Gasteiger partial charge < -0.3 is 9.84 Å². The van der Waals surface area contributed by atoms with Crippen molar-refractivity contribution in [1.29, 1.82) is 0 Å². The van der Waals surface area contributed by atoms with Crippen molar-refractivity contribution in [3.05, 3.63) is 29.8 Å². The predicted molar refractivity (Wildman–Crippen MR) is 55.4 cm³/mol. The second-order valence-corrected chi connectivity index (χ2v) is 2.94. The standard InChI is InChI=1S/C10H12O2.CH4O/c1-8(2)9-4-3-5-10(6-9)12-7-11;1-2/h3-8H,1-2H3;2H,1H3. The van der Waals surface area contributed by atoms with E-state index >= 15 is 0 Å². The van der Waals surface area contributed by atoms with Crippen LogP contribution in [0, 0.1) is 0 Å². The van der Waals surface area contributed by atoms with Gasteiger partial charge in [0.15, 0.2) is 0 Å². The summed E-state index contributed by atoms with van der Waals surface area (Å²) in [7, 11) is 1.00. The summed E-state index contributed by atoms with van der Waals surface area (Å²) in [6.45, 7) is 4.64. The number of hydrogen-bond donors (Lipinski definition) is 1. The summed E-state index contributed by atoms with van der Waals surface area (Å²) in [6, 6.07) is 7.54. The van der Waals surface area contributed by atoms with Crippen molar-refractivity contribution >= 4 is 6.47 Å². The van der Waals surface area contributed by atoms with Crippen LogP contribution in [0.3, 0.4) is 0 Å². The van der Waals surface area contributed by atoms with Gasteiger partial charge >= 0.3 is 0 Å². The molecule has 0 spiro atoms. The SMILES string of the molecule is CC(C)c1cccc(OC=O)c1.CO. The molecule has 0 bridgehead atoms. The van der Waals surface area contributed by atoms with Crippen LogP contribution in [0.4, 0.5) is 0 Å². The maximum Gasteiger partial charge on any atom is 0.298 e. The molecule has 3 heteroatoms. The van der Waals surface area contributed by atoms with Crippen molar-refractivity contribution in [2.45, 2.75) is 19.8 Å². The Labute approximate surface area is 84.3 Å². The minimum atomic E-state index is 0.444. The normalized spacial score (nSPS) is 8.93. The lowest BCUT2D eigenvalue weighted by atomic mass is 10.0. The summed E-state index contributed by atoms with van der Waals surface area (Å²) in [6.07, 6.45) is 0. The zero-order valence-corrected chi connectivity index (χ0v) is 8.73. The minimum Gasteiger partial charge on any atom is -0.429 e. The monoisotopic (exact) mass is 196 g/mol. The van der Waals surface area contributed by atoms with Gasteiger partial charge in [-0.1, -0.05) is 26.0 Å². The van der Waals surface area contributed by atoms with Crippen molar-refractivity contribution < 1.29 is 14.6 Å². The van der Waals surface area contributed by atoms with Gasteiger partial charge in [-0.3, -0.25) is 4.79 Å². The molecule has 14 heavy (non-hydrogen) atoms. The average molecular weight is 196 g/mol. The fourth-order valence-electron chi connectivity index (χ4n) is 1.00. The predicted octanol–water partition coefficient (Wildman–Crippen LogP) is 1.95. The van der Waals surface area contributed by atoms with Gasteiger partial charge in [0.05, 0.1) is 0 Å². The van der Waals surface area contributed by atoms with E-state index in [2.05, 4.69) is 13.8 Å². The van der Waals surface area contributed by atoms with Crippen LogP contribution < -0.4 is 4.74 Å². The lowest BCUT2D eigenvalue weighted by Gasteiger charge is -2.05. The number of carbonyl (C=O) groups excluding carboxylic acids is 1. The fourth-order valence-corrected chi connectivity index (χ4v) is 1.00. The molecule has 1 rings (SSSR count). The van der Waals surface area contributed by atoms with E-state index in [0.717, 1.165) is 7.11 Å².